The van der Waals surface area contributed by atoms with Gasteiger partial charge in [0.05, 0.1) is 27.9 Å². The third-order valence-corrected chi connectivity index (χ3v) is 3.22. The standard InChI is InChI=1S/C11H16Cl2N2O/c1-3-11(2,6-16)15-10-8(12)4-7(14)5-9(10)13/h4-5,15-16H,3,6,14H2,1-2H3. The molecule has 0 aliphatic heterocycles. The van der Waals surface area contributed by atoms with Crippen molar-refractivity contribution in [2.75, 3.05) is 17.7 Å². The van der Waals surface area contributed by atoms with Crippen molar-refractivity contribution >= 4 is 34.6 Å². The molecule has 1 rings (SSSR count). The second-order valence-corrected chi connectivity index (χ2v) is 4.87. The fraction of sp³-hybridized carbons (Fsp3) is 0.455. The molecule has 0 saturated carbocycles. The molecule has 1 aromatic carbocycles. The third kappa shape index (κ3) is 2.94. The second-order valence-electron chi connectivity index (χ2n) is 4.06. The summed E-state index contributed by atoms with van der Waals surface area (Å²) in [4.78, 5) is 0. The van der Waals surface area contributed by atoms with Crippen LogP contribution in [0.3, 0.4) is 0 Å². The second kappa shape index (κ2) is 5.13. The predicted octanol–water partition coefficient (Wildman–Crippen LogP) is 3.15. The van der Waals surface area contributed by atoms with Crippen LogP contribution in [0.5, 0.6) is 0 Å². The van der Waals surface area contributed by atoms with Gasteiger partial charge < -0.3 is 16.2 Å². The zero-order valence-electron chi connectivity index (χ0n) is 9.35. The number of hydrogen-bond donors (Lipinski definition) is 3. The van der Waals surface area contributed by atoms with Gasteiger partial charge in [0, 0.05) is 5.69 Å². The molecular weight excluding hydrogens is 247 g/mol. The average molecular weight is 263 g/mol. The fourth-order valence-corrected chi connectivity index (χ4v) is 1.85. The Morgan fingerprint density at radius 1 is 1.38 bits per heavy atom. The summed E-state index contributed by atoms with van der Waals surface area (Å²) < 4.78 is 0. The SMILES string of the molecule is CCC(C)(CO)Nc1c(Cl)cc(N)cc1Cl. The van der Waals surface area contributed by atoms with E-state index in [0.717, 1.165) is 6.42 Å². The minimum Gasteiger partial charge on any atom is -0.399 e. The highest BCUT2D eigenvalue weighted by atomic mass is 35.5. The lowest BCUT2D eigenvalue weighted by Crippen LogP contribution is -2.38. The Bertz CT molecular complexity index is 355. The first kappa shape index (κ1) is 13.4. The maximum Gasteiger partial charge on any atom is 0.0725 e. The Morgan fingerprint density at radius 2 is 1.88 bits per heavy atom. The Morgan fingerprint density at radius 3 is 2.25 bits per heavy atom. The normalized spacial score (nSPS) is 14.6. The Labute approximate surface area is 106 Å². The van der Waals surface area contributed by atoms with Crippen molar-refractivity contribution in [2.24, 2.45) is 0 Å². The van der Waals surface area contributed by atoms with Gasteiger partial charge in [-0.25, -0.2) is 0 Å². The smallest absolute Gasteiger partial charge is 0.0725 e. The van der Waals surface area contributed by atoms with Crippen molar-refractivity contribution in [2.45, 2.75) is 25.8 Å². The van der Waals surface area contributed by atoms with Crippen LogP contribution in [0.4, 0.5) is 11.4 Å². The number of aliphatic hydroxyl groups excluding tert-OH is 1. The van der Waals surface area contributed by atoms with Crippen LogP contribution in [0.1, 0.15) is 20.3 Å². The lowest BCUT2D eigenvalue weighted by molar-refractivity contribution is 0.219. The number of nitrogen functional groups attached to an aromatic ring is 1. The van der Waals surface area contributed by atoms with Crippen LogP contribution in [0.2, 0.25) is 10.0 Å². The number of halogens is 2. The molecule has 4 N–H and O–H groups in total. The van der Waals surface area contributed by atoms with Gasteiger partial charge in [-0.15, -0.1) is 0 Å². The molecule has 0 aromatic heterocycles. The molecule has 16 heavy (non-hydrogen) atoms. The summed E-state index contributed by atoms with van der Waals surface area (Å²) in [5, 5.41) is 13.4. The van der Waals surface area contributed by atoms with E-state index in [4.69, 9.17) is 28.9 Å². The summed E-state index contributed by atoms with van der Waals surface area (Å²) in [6.07, 6.45) is 0.751. The van der Waals surface area contributed by atoms with E-state index in [-0.39, 0.29) is 6.61 Å². The van der Waals surface area contributed by atoms with E-state index in [1.807, 2.05) is 13.8 Å². The first-order valence-corrected chi connectivity index (χ1v) is 5.81. The van der Waals surface area contributed by atoms with E-state index in [1.54, 1.807) is 12.1 Å². The van der Waals surface area contributed by atoms with Crippen LogP contribution < -0.4 is 11.1 Å². The number of nitrogens with one attached hydrogen (secondary N) is 1. The van der Waals surface area contributed by atoms with Crippen molar-refractivity contribution < 1.29 is 5.11 Å². The van der Waals surface area contributed by atoms with Gasteiger partial charge >= 0.3 is 0 Å². The van der Waals surface area contributed by atoms with Gasteiger partial charge in [0.15, 0.2) is 0 Å². The number of aliphatic hydroxyl groups is 1. The first-order valence-electron chi connectivity index (χ1n) is 5.05. The molecule has 5 heteroatoms. The van der Waals surface area contributed by atoms with Gasteiger partial charge in [0.25, 0.3) is 0 Å². The fourth-order valence-electron chi connectivity index (χ4n) is 1.25. The van der Waals surface area contributed by atoms with E-state index < -0.39 is 5.54 Å². The molecule has 3 nitrogen and oxygen atoms in total. The molecule has 90 valence electrons. The molecule has 0 bridgehead atoms. The molecule has 0 aliphatic rings. The zero-order valence-corrected chi connectivity index (χ0v) is 10.9. The van der Waals surface area contributed by atoms with Crippen LogP contribution >= 0.6 is 23.2 Å². The lowest BCUT2D eigenvalue weighted by atomic mass is 10.00. The molecule has 0 saturated heterocycles. The van der Waals surface area contributed by atoms with Crippen molar-refractivity contribution in [1.29, 1.82) is 0 Å². The molecule has 1 aromatic rings. The minimum absolute atomic E-state index is 0.000530. The van der Waals surface area contributed by atoms with Crippen LogP contribution in [0, 0.1) is 0 Å². The molecular formula is C11H16Cl2N2O. The number of anilines is 2. The molecule has 0 fully saturated rings. The molecule has 0 aliphatic carbocycles. The summed E-state index contributed by atoms with van der Waals surface area (Å²) in [6, 6.07) is 3.26. The molecule has 0 radical (unpaired) electrons. The average Bonchev–Trinajstić information content (AvgIpc) is 2.23. The largest absolute Gasteiger partial charge is 0.399 e. The minimum atomic E-state index is -0.441. The Kier molecular flexibility index (Phi) is 4.30. The zero-order chi connectivity index (χ0) is 12.3. The molecule has 0 amide bonds. The van der Waals surface area contributed by atoms with E-state index in [2.05, 4.69) is 5.32 Å². The number of nitrogens with two attached hydrogens (primary N) is 1. The Balaban J connectivity index is 3.06. The van der Waals surface area contributed by atoms with Gasteiger partial charge in [-0.3, -0.25) is 0 Å². The highest BCUT2D eigenvalue weighted by Crippen LogP contribution is 2.35. The highest BCUT2D eigenvalue weighted by molar-refractivity contribution is 6.39. The van der Waals surface area contributed by atoms with Gasteiger partial charge in [-0.05, 0) is 25.5 Å². The van der Waals surface area contributed by atoms with Gasteiger partial charge in [-0.2, -0.15) is 0 Å². The lowest BCUT2D eigenvalue weighted by Gasteiger charge is -2.29. The Hall–Kier alpha value is -0.640. The number of hydrogen-bond acceptors (Lipinski definition) is 3. The van der Waals surface area contributed by atoms with Crippen LogP contribution in [0.15, 0.2) is 12.1 Å². The summed E-state index contributed by atoms with van der Waals surface area (Å²) in [6.45, 7) is 3.87. The van der Waals surface area contributed by atoms with Crippen LogP contribution in [0.25, 0.3) is 0 Å². The molecule has 1 atom stereocenters. The molecule has 1 unspecified atom stereocenters. The quantitative estimate of drug-likeness (QED) is 0.731. The highest BCUT2D eigenvalue weighted by Gasteiger charge is 2.22. The maximum atomic E-state index is 9.31. The van der Waals surface area contributed by atoms with Crippen molar-refractivity contribution in [1.82, 2.24) is 0 Å². The number of benzene rings is 1. The van der Waals surface area contributed by atoms with Gasteiger partial charge in [0.1, 0.15) is 0 Å². The van der Waals surface area contributed by atoms with Crippen molar-refractivity contribution in [3.05, 3.63) is 22.2 Å². The summed E-state index contributed by atoms with van der Waals surface area (Å²) in [7, 11) is 0. The van der Waals surface area contributed by atoms with Crippen LogP contribution in [-0.4, -0.2) is 17.3 Å². The molecule has 0 heterocycles. The first-order chi connectivity index (χ1) is 7.41. The van der Waals surface area contributed by atoms with E-state index in [0.29, 0.717) is 21.4 Å². The third-order valence-electron chi connectivity index (χ3n) is 2.62. The molecule has 0 spiro atoms. The van der Waals surface area contributed by atoms with E-state index in [1.165, 1.54) is 0 Å². The monoisotopic (exact) mass is 262 g/mol. The maximum absolute atomic E-state index is 9.31. The number of rotatable bonds is 4. The van der Waals surface area contributed by atoms with Crippen LogP contribution in [-0.2, 0) is 0 Å². The van der Waals surface area contributed by atoms with Crippen molar-refractivity contribution in [3.8, 4) is 0 Å². The van der Waals surface area contributed by atoms with Crippen molar-refractivity contribution in [3.63, 3.8) is 0 Å². The summed E-state index contributed by atoms with van der Waals surface area (Å²) in [5.74, 6) is 0. The van der Waals surface area contributed by atoms with Gasteiger partial charge in [-0.1, -0.05) is 30.1 Å². The van der Waals surface area contributed by atoms with E-state index >= 15 is 0 Å². The topological polar surface area (TPSA) is 58.3 Å². The van der Waals surface area contributed by atoms with Gasteiger partial charge in [0.2, 0.25) is 0 Å². The summed E-state index contributed by atoms with van der Waals surface area (Å²) >= 11 is 12.1. The predicted molar refractivity (Wildman–Crippen MR) is 70.3 cm³/mol. The van der Waals surface area contributed by atoms with E-state index in [9.17, 15) is 5.11 Å². The summed E-state index contributed by atoms with van der Waals surface area (Å²) in [5.41, 5.74) is 6.29.